The minimum Gasteiger partial charge on any atom is -0.493 e. The number of anilines is 1. The molecule has 3 aromatic rings. The van der Waals surface area contributed by atoms with Gasteiger partial charge >= 0.3 is 0 Å². The molecule has 0 fully saturated rings. The van der Waals surface area contributed by atoms with Crippen LogP contribution >= 0.6 is 34.5 Å². The number of hydrogen-bond donors (Lipinski definition) is 2. The lowest BCUT2D eigenvalue weighted by Crippen LogP contribution is -2.19. The van der Waals surface area contributed by atoms with Gasteiger partial charge in [-0.25, -0.2) is 5.43 Å². The molecule has 0 spiro atoms. The monoisotopic (exact) mass is 507 g/mol. The van der Waals surface area contributed by atoms with E-state index in [9.17, 15) is 9.59 Å². The van der Waals surface area contributed by atoms with Crippen molar-refractivity contribution in [1.29, 1.82) is 0 Å². The zero-order chi connectivity index (χ0) is 23.8. The first-order valence-electron chi connectivity index (χ1n) is 9.50. The van der Waals surface area contributed by atoms with Crippen molar-refractivity contribution in [2.45, 2.75) is 20.0 Å². The second-order valence-electron chi connectivity index (χ2n) is 6.59. The van der Waals surface area contributed by atoms with E-state index in [4.69, 9.17) is 32.7 Å². The highest BCUT2D eigenvalue weighted by atomic mass is 35.5. The Labute approximate surface area is 203 Å². The number of methoxy groups -OCH3 is 1. The number of aromatic nitrogens is 2. The molecule has 0 aliphatic rings. The van der Waals surface area contributed by atoms with Crippen molar-refractivity contribution in [1.82, 2.24) is 15.6 Å². The molecule has 2 aromatic carbocycles. The number of benzene rings is 2. The van der Waals surface area contributed by atoms with Gasteiger partial charge in [-0.3, -0.25) is 9.59 Å². The Hall–Kier alpha value is -3.21. The van der Waals surface area contributed by atoms with E-state index < -0.39 is 0 Å². The van der Waals surface area contributed by atoms with Crippen LogP contribution < -0.4 is 20.2 Å². The van der Waals surface area contributed by atoms with Crippen LogP contribution in [0.15, 0.2) is 41.5 Å². The number of nitrogens with zero attached hydrogens (tertiary/aromatic N) is 3. The minimum absolute atomic E-state index is 0.0159. The van der Waals surface area contributed by atoms with Gasteiger partial charge in [-0.05, 0) is 35.9 Å². The first-order chi connectivity index (χ1) is 15.8. The maximum absolute atomic E-state index is 12.0. The Kier molecular flexibility index (Phi) is 8.58. The average Bonchev–Trinajstić information content (AvgIpc) is 3.19. The van der Waals surface area contributed by atoms with Crippen molar-refractivity contribution in [2.75, 3.05) is 12.4 Å². The maximum atomic E-state index is 12.0. The van der Waals surface area contributed by atoms with Gasteiger partial charge in [-0.1, -0.05) is 40.6 Å². The van der Waals surface area contributed by atoms with E-state index in [1.165, 1.54) is 20.2 Å². The fraction of sp³-hybridized carbons (Fsp3) is 0.190. The van der Waals surface area contributed by atoms with Crippen LogP contribution in [-0.4, -0.2) is 35.3 Å². The zero-order valence-electron chi connectivity index (χ0n) is 17.6. The molecule has 9 nitrogen and oxygen atoms in total. The van der Waals surface area contributed by atoms with Gasteiger partial charge in [0.15, 0.2) is 11.5 Å². The molecule has 3 rings (SSSR count). The molecule has 0 saturated heterocycles. The lowest BCUT2D eigenvalue weighted by molar-refractivity contribution is -0.120. The largest absolute Gasteiger partial charge is 0.493 e. The van der Waals surface area contributed by atoms with Crippen LogP contribution in [0.1, 0.15) is 23.1 Å². The summed E-state index contributed by atoms with van der Waals surface area (Å²) in [5, 5.41) is 16.0. The van der Waals surface area contributed by atoms with Gasteiger partial charge in [-0.2, -0.15) is 5.10 Å². The Bertz CT molecular complexity index is 1190. The topological polar surface area (TPSA) is 115 Å². The quantitative estimate of drug-likeness (QED) is 0.333. The Balaban J connectivity index is 1.55. The van der Waals surface area contributed by atoms with Gasteiger partial charge in [-0.15, -0.1) is 10.2 Å². The van der Waals surface area contributed by atoms with E-state index in [1.807, 2.05) is 0 Å². The molecular weight excluding hydrogens is 489 g/mol. The normalized spacial score (nSPS) is 10.8. The Morgan fingerprint density at radius 3 is 2.70 bits per heavy atom. The fourth-order valence-electron chi connectivity index (χ4n) is 2.56. The van der Waals surface area contributed by atoms with Crippen LogP contribution in [0.5, 0.6) is 11.5 Å². The number of carbonyl (C=O) groups excluding carboxylic acids is 2. The molecule has 0 aliphatic carbocycles. The SMILES string of the molecule is COc1cc(C=NNC(=O)Cc2nnc(NC(C)=O)s2)ccc1OCc1ccc(Cl)cc1Cl. The maximum Gasteiger partial charge on any atom is 0.247 e. The molecule has 0 aliphatic heterocycles. The highest BCUT2D eigenvalue weighted by Crippen LogP contribution is 2.29. The smallest absolute Gasteiger partial charge is 0.247 e. The van der Waals surface area contributed by atoms with E-state index in [-0.39, 0.29) is 24.8 Å². The standard InChI is InChI=1S/C21H19Cl2N5O4S/c1-12(29)25-21-28-27-20(33-21)9-19(30)26-24-10-13-3-6-17(18(7-13)31-2)32-11-14-4-5-15(22)8-16(14)23/h3-8,10H,9,11H2,1-2H3,(H,26,30)(H,25,28,29). The highest BCUT2D eigenvalue weighted by molar-refractivity contribution is 7.15. The van der Waals surface area contributed by atoms with Crippen LogP contribution in [0.4, 0.5) is 5.13 Å². The molecule has 2 N–H and O–H groups in total. The second-order valence-corrected chi connectivity index (χ2v) is 8.49. The molecule has 0 unspecified atom stereocenters. The van der Waals surface area contributed by atoms with E-state index in [0.717, 1.165) is 16.9 Å². The summed E-state index contributed by atoms with van der Waals surface area (Å²) < 4.78 is 11.2. The van der Waals surface area contributed by atoms with Gasteiger partial charge < -0.3 is 14.8 Å². The van der Waals surface area contributed by atoms with E-state index in [0.29, 0.717) is 37.2 Å². The van der Waals surface area contributed by atoms with Crippen LogP contribution in [-0.2, 0) is 22.6 Å². The number of nitrogens with one attached hydrogen (secondary N) is 2. The minimum atomic E-state index is -0.372. The molecule has 0 radical (unpaired) electrons. The van der Waals surface area contributed by atoms with Gasteiger partial charge in [0.25, 0.3) is 0 Å². The fourth-order valence-corrected chi connectivity index (χ4v) is 3.81. The van der Waals surface area contributed by atoms with Crippen LogP contribution in [0.2, 0.25) is 10.0 Å². The lowest BCUT2D eigenvalue weighted by Gasteiger charge is -2.12. The van der Waals surface area contributed by atoms with Crippen molar-refractivity contribution >= 4 is 57.7 Å². The summed E-state index contributed by atoms with van der Waals surface area (Å²) in [4.78, 5) is 23.1. The molecule has 33 heavy (non-hydrogen) atoms. The molecule has 1 heterocycles. The molecular formula is C21H19Cl2N5O4S. The van der Waals surface area contributed by atoms with Gasteiger partial charge in [0.2, 0.25) is 16.9 Å². The second kappa shape index (κ2) is 11.6. The highest BCUT2D eigenvalue weighted by Gasteiger charge is 2.10. The number of hydrazone groups is 1. The Morgan fingerprint density at radius 1 is 1.15 bits per heavy atom. The van der Waals surface area contributed by atoms with Gasteiger partial charge in [0.1, 0.15) is 11.6 Å². The number of rotatable bonds is 9. The number of carbonyl (C=O) groups is 2. The molecule has 172 valence electrons. The third kappa shape index (κ3) is 7.41. The number of halogens is 2. The first kappa shape index (κ1) is 24.4. The van der Waals surface area contributed by atoms with Crippen molar-refractivity contribution in [3.05, 3.63) is 62.6 Å². The molecule has 0 saturated carbocycles. The molecule has 12 heteroatoms. The number of ether oxygens (including phenoxy) is 2. The summed E-state index contributed by atoms with van der Waals surface area (Å²) >= 11 is 13.2. The molecule has 2 amide bonds. The third-order valence-electron chi connectivity index (χ3n) is 4.05. The van der Waals surface area contributed by atoms with Crippen molar-refractivity contribution in [3.63, 3.8) is 0 Å². The van der Waals surface area contributed by atoms with E-state index in [2.05, 4.69) is 26.0 Å². The summed E-state index contributed by atoms with van der Waals surface area (Å²) in [6.45, 7) is 1.61. The summed E-state index contributed by atoms with van der Waals surface area (Å²) in [7, 11) is 1.53. The van der Waals surface area contributed by atoms with Crippen LogP contribution in [0, 0.1) is 0 Å². The summed E-state index contributed by atoms with van der Waals surface area (Å²) in [6, 6.07) is 10.4. The number of hydrogen-bond acceptors (Lipinski definition) is 8. The van der Waals surface area contributed by atoms with Gasteiger partial charge in [0, 0.05) is 22.5 Å². The van der Waals surface area contributed by atoms with Gasteiger partial charge in [0.05, 0.1) is 19.7 Å². The van der Waals surface area contributed by atoms with Crippen molar-refractivity contribution in [3.8, 4) is 11.5 Å². The van der Waals surface area contributed by atoms with E-state index >= 15 is 0 Å². The predicted octanol–water partition coefficient (Wildman–Crippen LogP) is 4.08. The molecule has 1 aromatic heterocycles. The predicted molar refractivity (Wildman–Crippen MR) is 127 cm³/mol. The average molecular weight is 508 g/mol. The third-order valence-corrected chi connectivity index (χ3v) is 5.48. The van der Waals surface area contributed by atoms with Crippen molar-refractivity contribution < 1.29 is 19.1 Å². The zero-order valence-corrected chi connectivity index (χ0v) is 19.9. The lowest BCUT2D eigenvalue weighted by atomic mass is 10.2. The number of amides is 2. The van der Waals surface area contributed by atoms with Crippen LogP contribution in [0.3, 0.4) is 0 Å². The first-order valence-corrected chi connectivity index (χ1v) is 11.1. The van der Waals surface area contributed by atoms with Crippen molar-refractivity contribution in [2.24, 2.45) is 5.10 Å². The summed E-state index contributed by atoms with van der Waals surface area (Å²) in [5.74, 6) is 0.390. The van der Waals surface area contributed by atoms with Crippen LogP contribution in [0.25, 0.3) is 0 Å². The summed E-state index contributed by atoms with van der Waals surface area (Å²) in [6.07, 6.45) is 1.46. The molecule has 0 bridgehead atoms. The Morgan fingerprint density at radius 2 is 1.97 bits per heavy atom. The summed E-state index contributed by atoms with van der Waals surface area (Å²) in [5.41, 5.74) is 3.90. The van der Waals surface area contributed by atoms with E-state index in [1.54, 1.807) is 36.4 Å². The molecule has 0 atom stereocenters.